The minimum atomic E-state index is -0.168. The molecule has 0 atom stereocenters. The van der Waals surface area contributed by atoms with Crippen LogP contribution in [0.1, 0.15) is 175 Å². The minimum Gasteiger partial charge on any atom is -0.469 e. The van der Waals surface area contributed by atoms with E-state index in [4.69, 9.17) is 19.4 Å². The smallest absolute Gasteiger partial charge is 0.305 e. The Morgan fingerprint density at radius 1 is 0.625 bits per heavy atom. The maximum absolute atomic E-state index is 11.9. The predicted molar refractivity (Wildman–Crippen MR) is 231 cm³/mol. The van der Waals surface area contributed by atoms with E-state index in [0.29, 0.717) is 12.8 Å². The van der Waals surface area contributed by atoms with Gasteiger partial charge in [-0.25, -0.2) is 4.98 Å². The van der Waals surface area contributed by atoms with Gasteiger partial charge in [-0.2, -0.15) is 0 Å². The second kappa shape index (κ2) is 19.8. The number of unbranched alkanes of at least 4 members (excludes halogenated alkanes) is 9. The molecule has 0 radical (unpaired) electrons. The summed E-state index contributed by atoms with van der Waals surface area (Å²) in [6, 6.07) is 6.79. The zero-order valence-electron chi connectivity index (χ0n) is 36.0. The van der Waals surface area contributed by atoms with Crippen molar-refractivity contribution >= 4 is 45.2 Å². The molecule has 2 aliphatic rings. The quantitative estimate of drug-likeness (QED) is 0.0929. The normalized spacial score (nSPS) is 13.7. The van der Waals surface area contributed by atoms with Gasteiger partial charge in [0.25, 0.3) is 0 Å². The Balaban J connectivity index is 1.70. The van der Waals surface area contributed by atoms with Gasteiger partial charge in [0.2, 0.25) is 0 Å². The van der Waals surface area contributed by atoms with E-state index in [2.05, 4.69) is 76.6 Å². The van der Waals surface area contributed by atoms with Crippen LogP contribution in [0.4, 0.5) is 0 Å². The van der Waals surface area contributed by atoms with Gasteiger partial charge in [-0.05, 0) is 136 Å². The lowest BCUT2D eigenvalue weighted by Gasteiger charge is -2.17. The number of carbonyl (C=O) groups excluding carboxylic acids is 2. The van der Waals surface area contributed by atoms with Crippen LogP contribution < -0.4 is 0 Å². The molecule has 0 saturated heterocycles. The van der Waals surface area contributed by atoms with E-state index in [9.17, 15) is 9.59 Å². The van der Waals surface area contributed by atoms with Crippen molar-refractivity contribution in [1.82, 2.24) is 19.9 Å². The molecule has 304 valence electrons. The lowest BCUT2D eigenvalue weighted by molar-refractivity contribution is -0.141. The van der Waals surface area contributed by atoms with Crippen molar-refractivity contribution in [3.8, 4) is 0 Å². The van der Waals surface area contributed by atoms with Gasteiger partial charge in [-0.3, -0.25) is 14.6 Å². The number of hydrogen-bond acceptors (Lipinski definition) is 6. The summed E-state index contributed by atoms with van der Waals surface area (Å²) in [4.78, 5) is 42.5. The number of nitrogens with one attached hydrogen (secondary N) is 2. The highest BCUT2D eigenvalue weighted by Gasteiger charge is 2.32. The van der Waals surface area contributed by atoms with Crippen molar-refractivity contribution in [2.45, 2.75) is 169 Å². The zero-order valence-corrected chi connectivity index (χ0v) is 36.0. The number of H-pyrrole nitrogens is 2. The van der Waals surface area contributed by atoms with Crippen LogP contribution in [0.3, 0.4) is 0 Å². The maximum Gasteiger partial charge on any atom is 0.305 e. The molecule has 5 rings (SSSR count). The van der Waals surface area contributed by atoms with Crippen LogP contribution in [0.2, 0.25) is 0 Å². The first-order valence-electron chi connectivity index (χ1n) is 21.4. The molecule has 0 fully saturated rings. The molecule has 0 spiro atoms. The maximum atomic E-state index is 11.9. The third-order valence-electron chi connectivity index (χ3n) is 12.3. The lowest BCUT2D eigenvalue weighted by Crippen LogP contribution is -2.15. The van der Waals surface area contributed by atoms with Gasteiger partial charge in [0.1, 0.15) is 0 Å². The van der Waals surface area contributed by atoms with Crippen LogP contribution in [-0.4, -0.2) is 46.1 Å². The highest BCUT2D eigenvalue weighted by Crippen LogP contribution is 2.38. The molecule has 5 heterocycles. The molecule has 2 aliphatic heterocycles. The summed E-state index contributed by atoms with van der Waals surface area (Å²) in [5.74, 6) is -0.334. The first kappa shape index (κ1) is 42.9. The number of rotatable bonds is 19. The van der Waals surface area contributed by atoms with Crippen LogP contribution in [-0.2, 0) is 50.2 Å². The fourth-order valence-corrected chi connectivity index (χ4v) is 8.48. The molecule has 0 saturated carbocycles. The summed E-state index contributed by atoms with van der Waals surface area (Å²) in [5.41, 5.74) is 17.2. The fourth-order valence-electron chi connectivity index (χ4n) is 8.48. The first-order chi connectivity index (χ1) is 26.9. The topological polar surface area (TPSA) is 110 Å². The largest absolute Gasteiger partial charge is 0.469 e. The number of esters is 2. The molecule has 3 aromatic rings. The first-order valence-corrected chi connectivity index (χ1v) is 21.4. The van der Waals surface area contributed by atoms with E-state index < -0.39 is 0 Å². The minimum absolute atomic E-state index is 0.136. The third-order valence-corrected chi connectivity index (χ3v) is 12.3. The van der Waals surface area contributed by atoms with Crippen molar-refractivity contribution in [3.05, 3.63) is 68.8 Å². The number of aromatic nitrogens is 4. The number of carbonyl (C=O) groups is 2. The van der Waals surface area contributed by atoms with E-state index in [1.54, 1.807) is 0 Å². The van der Waals surface area contributed by atoms with Crippen LogP contribution >= 0.6 is 0 Å². The Labute approximate surface area is 335 Å². The molecular formula is C48H68N4O4. The van der Waals surface area contributed by atoms with Crippen molar-refractivity contribution in [2.75, 3.05) is 14.2 Å². The van der Waals surface area contributed by atoms with Crippen molar-refractivity contribution in [3.63, 3.8) is 0 Å². The van der Waals surface area contributed by atoms with Gasteiger partial charge in [-0.15, -0.1) is 0 Å². The van der Waals surface area contributed by atoms with Crippen molar-refractivity contribution in [2.24, 2.45) is 0 Å². The second-order valence-electron chi connectivity index (χ2n) is 16.9. The number of aromatic amines is 2. The van der Waals surface area contributed by atoms with Crippen LogP contribution in [0.25, 0.3) is 33.2 Å². The Morgan fingerprint density at radius 2 is 1.12 bits per heavy atom. The Morgan fingerprint density at radius 3 is 1.68 bits per heavy atom. The number of nitrogens with zero attached hydrogens (tertiary/aromatic N) is 2. The SMILES string of the molecule is CCCCCCCCCCc1c2nc(cc3[nH]c(cc4[nH]c(cc5nc1C(C)=C5C)c(C)c4CCCCC(=O)OC)c(CCCCC(=O)OC)c3C)C(C)(C)C2. The highest BCUT2D eigenvalue weighted by molar-refractivity contribution is 5.92. The molecule has 8 bridgehead atoms. The van der Waals surface area contributed by atoms with Gasteiger partial charge in [0.15, 0.2) is 0 Å². The van der Waals surface area contributed by atoms with E-state index in [1.165, 1.54) is 104 Å². The van der Waals surface area contributed by atoms with Crippen LogP contribution in [0.15, 0.2) is 18.2 Å². The lowest BCUT2D eigenvalue weighted by atomic mass is 9.85. The number of fused-ring (bicyclic) bond motifs is 8. The van der Waals surface area contributed by atoms with E-state index in [-0.39, 0.29) is 17.4 Å². The predicted octanol–water partition coefficient (Wildman–Crippen LogP) is 11.9. The second-order valence-corrected chi connectivity index (χ2v) is 16.9. The molecule has 0 amide bonds. The van der Waals surface area contributed by atoms with Gasteiger partial charge in [0.05, 0.1) is 25.6 Å². The van der Waals surface area contributed by atoms with Gasteiger partial charge >= 0.3 is 11.9 Å². The number of allylic oxidation sites excluding steroid dienone is 2. The average Bonchev–Trinajstić information content (AvgIpc) is 3.83. The summed E-state index contributed by atoms with van der Waals surface area (Å²) in [6.07, 6.45) is 17.9. The third kappa shape index (κ3) is 10.4. The van der Waals surface area contributed by atoms with Crippen molar-refractivity contribution < 1.29 is 19.1 Å². The zero-order chi connectivity index (χ0) is 40.4. The number of methoxy groups -OCH3 is 2. The van der Waals surface area contributed by atoms with Gasteiger partial charge in [-0.1, -0.05) is 65.7 Å². The molecule has 8 heteroatoms. The Hall–Kier alpha value is -4.20. The Kier molecular flexibility index (Phi) is 15.2. The average molecular weight is 765 g/mol. The fraction of sp³-hybridized carbons (Fsp3) is 0.583. The standard InChI is InChI=1S/C48H68N4O4/c1-10-11-12-13-14-15-16-17-24-37-43-30-48(6,7)44(51-43)29-40-34(5)36(23-19-21-26-46(54)56-9)42(50-40)28-41-35(22-18-20-25-45(53)55-8)33(4)39(49-41)27-38-31(2)32(3)47(37)52-38/h27-29,49-50H,10-26,30H2,1-9H3. The molecule has 3 aromatic heterocycles. The molecule has 0 unspecified atom stereocenters. The van der Waals surface area contributed by atoms with Crippen LogP contribution in [0, 0.1) is 13.8 Å². The molecule has 0 aromatic carbocycles. The molecule has 8 nitrogen and oxygen atoms in total. The summed E-state index contributed by atoms with van der Waals surface area (Å²) in [6.45, 7) is 15.8. The molecule has 0 aliphatic carbocycles. The summed E-state index contributed by atoms with van der Waals surface area (Å²) in [5, 5.41) is 0. The number of ether oxygens (including phenoxy) is 2. The highest BCUT2D eigenvalue weighted by atomic mass is 16.5. The van der Waals surface area contributed by atoms with Gasteiger partial charge < -0.3 is 19.4 Å². The monoisotopic (exact) mass is 765 g/mol. The van der Waals surface area contributed by atoms with E-state index in [0.717, 1.165) is 96.9 Å². The van der Waals surface area contributed by atoms with Crippen LogP contribution in [0.5, 0.6) is 0 Å². The molecule has 56 heavy (non-hydrogen) atoms. The summed E-state index contributed by atoms with van der Waals surface area (Å²) in [7, 11) is 2.90. The van der Waals surface area contributed by atoms with E-state index >= 15 is 0 Å². The summed E-state index contributed by atoms with van der Waals surface area (Å²) >= 11 is 0. The van der Waals surface area contributed by atoms with Crippen molar-refractivity contribution in [1.29, 1.82) is 0 Å². The number of aryl methyl sites for hydroxylation is 4. The number of hydrogen-bond donors (Lipinski definition) is 2. The van der Waals surface area contributed by atoms with E-state index in [1.807, 2.05) is 0 Å². The Bertz CT molecular complexity index is 2060. The molecular weight excluding hydrogens is 697 g/mol. The summed E-state index contributed by atoms with van der Waals surface area (Å²) < 4.78 is 9.85. The molecule has 2 N–H and O–H groups in total. The van der Waals surface area contributed by atoms with Gasteiger partial charge in [0, 0.05) is 58.1 Å².